The van der Waals surface area contributed by atoms with Crippen LogP contribution in [0.5, 0.6) is 0 Å². The van der Waals surface area contributed by atoms with Gasteiger partial charge in [-0.1, -0.05) is 315 Å². The molecule has 0 aliphatic heterocycles. The van der Waals surface area contributed by atoms with Gasteiger partial charge < -0.3 is 4.57 Å². The van der Waals surface area contributed by atoms with E-state index in [4.69, 9.17) is 9.97 Å². The number of nitrogens with zero attached hydrogens (tertiary/aromatic N) is 4. The number of aryl methyl sites for hydroxylation is 2. The van der Waals surface area contributed by atoms with E-state index >= 15 is 0 Å². The van der Waals surface area contributed by atoms with E-state index in [1.54, 1.807) is 0 Å². The van der Waals surface area contributed by atoms with E-state index < -0.39 is 10.8 Å². The molecule has 4 heteroatoms. The van der Waals surface area contributed by atoms with E-state index in [1.165, 1.54) is 176 Å². The SMILES string of the molecule is c1ccc(-n2c(-c3cccc(-c4cc5c(c6ccccc46)-c4c(c6ccccc6c6cc(CCCn7c(-c8cccc(-c9cc%10c(c%11ccccc9%11)-c9c(c%11ccccc%11c%11ccccc9%11)C%109c%10ccccc%10-c%10ccccc%109)c8)nc8ccccc87)ccc46)C54c5ccccc5-c5ccccc54)c3)nc3ccccc32)cc1. The van der Waals surface area contributed by atoms with Gasteiger partial charge in [0, 0.05) is 23.4 Å². The Balaban J connectivity index is 0.624. The summed E-state index contributed by atoms with van der Waals surface area (Å²) in [6.07, 6.45) is 1.79. The summed E-state index contributed by atoms with van der Waals surface area (Å²) < 4.78 is 4.81. The fourth-order valence-corrected chi connectivity index (χ4v) is 21.7. The van der Waals surface area contributed by atoms with Crippen molar-refractivity contribution in [1.82, 2.24) is 19.1 Å². The monoisotopic (exact) mass is 1430 g/mol. The van der Waals surface area contributed by atoms with Gasteiger partial charge in [-0.2, -0.15) is 0 Å². The number of hydrogen-bond acceptors (Lipinski definition) is 2. The van der Waals surface area contributed by atoms with E-state index in [0.717, 1.165) is 75.5 Å². The standard InChI is InChI=1S/C109H68N4/c1-2-34-71(35-3-1)113-99-57-25-23-55-97(99)111-107(113)70-33-27-31-68(63-70)88-65-95-101(82-46-10-6-39-75(82)88)103-84-59-58-66(61-89(84)76-40-8-13-49-86(76)105(103)109(95)92-52-20-16-43-79(92)80-44-17-21-53-93(80)109)29-28-60-112-98-56-24-22-54-96(98)110-106(112)69-32-26-30-67(62-69)87-64-94-100(81-45-9-5-38-74(81)87)102-83-47-11-4-36-72(83)73-37-7-12-48-85(73)104(102)108(94)90-50-18-14-41-77(90)78-42-15-19-51-91(78)108/h1-27,30-59,61-65H,28-29,60H2. The molecule has 2 spiro atoms. The van der Waals surface area contributed by atoms with Gasteiger partial charge in [-0.05, 0) is 255 Å². The van der Waals surface area contributed by atoms with Crippen molar-refractivity contribution in [3.05, 3.63) is 426 Å². The van der Waals surface area contributed by atoms with E-state index in [9.17, 15) is 0 Å². The summed E-state index contributed by atoms with van der Waals surface area (Å²) in [5.74, 6) is 1.90. The zero-order chi connectivity index (χ0) is 73.8. The third-order valence-corrected chi connectivity index (χ3v) is 26.0. The molecule has 524 valence electrons. The Morgan fingerprint density at radius 3 is 1.15 bits per heavy atom. The summed E-state index contributed by atoms with van der Waals surface area (Å²) in [6.45, 7) is 0.783. The van der Waals surface area contributed by atoms with Gasteiger partial charge >= 0.3 is 0 Å². The Morgan fingerprint density at radius 1 is 0.239 bits per heavy atom. The maximum atomic E-state index is 5.58. The Kier molecular flexibility index (Phi) is 13.1. The first-order valence-corrected chi connectivity index (χ1v) is 39.7. The van der Waals surface area contributed by atoms with Gasteiger partial charge in [0.15, 0.2) is 0 Å². The fourth-order valence-electron chi connectivity index (χ4n) is 21.7. The highest BCUT2D eigenvalue weighted by Crippen LogP contribution is 2.69. The zero-order valence-corrected chi connectivity index (χ0v) is 61.7. The molecule has 21 aromatic rings. The molecule has 0 unspecified atom stereocenters. The average Bonchev–Trinajstić information content (AvgIpc) is 1.49. The molecule has 4 aliphatic rings. The lowest BCUT2D eigenvalue weighted by Crippen LogP contribution is -2.26. The van der Waals surface area contributed by atoms with Crippen molar-refractivity contribution < 1.29 is 0 Å². The van der Waals surface area contributed by atoms with E-state index in [0.29, 0.717) is 0 Å². The van der Waals surface area contributed by atoms with Crippen LogP contribution in [0.3, 0.4) is 0 Å². The number of hydrogen-bond donors (Lipinski definition) is 0. The number of imidazole rings is 2. The van der Waals surface area contributed by atoms with Crippen LogP contribution in [0.1, 0.15) is 56.5 Å². The molecule has 0 saturated carbocycles. The molecule has 0 bridgehead atoms. The maximum absolute atomic E-state index is 5.58. The molecule has 4 nitrogen and oxygen atoms in total. The summed E-state index contributed by atoms with van der Waals surface area (Å²) in [6, 6.07) is 142. The summed E-state index contributed by atoms with van der Waals surface area (Å²) >= 11 is 0. The second kappa shape index (κ2) is 23.6. The number of benzene rings is 19. The first kappa shape index (κ1) is 62.6. The molecule has 4 aliphatic carbocycles. The summed E-state index contributed by atoms with van der Waals surface area (Å²) in [5, 5.41) is 15.3. The van der Waals surface area contributed by atoms with Gasteiger partial charge in [-0.25, -0.2) is 9.97 Å². The fraction of sp³-hybridized carbons (Fsp3) is 0.0459. The van der Waals surface area contributed by atoms with Crippen molar-refractivity contribution in [2.75, 3.05) is 0 Å². The minimum absolute atomic E-state index is 0.587. The predicted octanol–water partition coefficient (Wildman–Crippen LogP) is 27.3. The lowest BCUT2D eigenvalue weighted by atomic mass is 9.68. The highest BCUT2D eigenvalue weighted by molar-refractivity contribution is 6.26. The molecule has 0 fully saturated rings. The maximum Gasteiger partial charge on any atom is 0.145 e. The molecule has 0 amide bonds. The third kappa shape index (κ3) is 8.43. The molecule has 2 aromatic heterocycles. The van der Waals surface area contributed by atoms with Crippen LogP contribution in [0.2, 0.25) is 0 Å². The topological polar surface area (TPSA) is 35.6 Å². The highest BCUT2D eigenvalue weighted by Gasteiger charge is 2.56. The van der Waals surface area contributed by atoms with Gasteiger partial charge in [-0.15, -0.1) is 0 Å². The van der Waals surface area contributed by atoms with Crippen molar-refractivity contribution in [3.8, 4) is 95.2 Å². The minimum Gasteiger partial charge on any atom is -0.324 e. The van der Waals surface area contributed by atoms with Crippen LogP contribution >= 0.6 is 0 Å². The van der Waals surface area contributed by atoms with Crippen LogP contribution in [-0.2, 0) is 23.8 Å². The van der Waals surface area contributed by atoms with E-state index in [-0.39, 0.29) is 0 Å². The molecule has 2 heterocycles. The van der Waals surface area contributed by atoms with Crippen LogP contribution in [0.25, 0.3) is 182 Å². The third-order valence-electron chi connectivity index (χ3n) is 26.0. The van der Waals surface area contributed by atoms with Crippen molar-refractivity contribution in [1.29, 1.82) is 0 Å². The highest BCUT2D eigenvalue weighted by atomic mass is 15.1. The predicted molar refractivity (Wildman–Crippen MR) is 469 cm³/mol. The van der Waals surface area contributed by atoms with Gasteiger partial charge in [0.05, 0.1) is 32.9 Å². The molecule has 25 rings (SSSR count). The van der Waals surface area contributed by atoms with Crippen LogP contribution in [0.15, 0.2) is 376 Å². The number of para-hydroxylation sites is 5. The summed E-state index contributed by atoms with van der Waals surface area (Å²) in [7, 11) is 0. The van der Waals surface area contributed by atoms with Crippen LogP contribution < -0.4 is 0 Å². The normalized spacial score (nSPS) is 13.6. The van der Waals surface area contributed by atoms with Crippen molar-refractivity contribution in [2.45, 2.75) is 30.2 Å². The van der Waals surface area contributed by atoms with Gasteiger partial charge in [0.1, 0.15) is 11.6 Å². The second-order valence-corrected chi connectivity index (χ2v) is 31.4. The Bertz CT molecular complexity index is 7650. The number of rotatable bonds is 9. The molecule has 0 N–H and O–H groups in total. The lowest BCUT2D eigenvalue weighted by Gasteiger charge is -2.32. The quantitative estimate of drug-likeness (QED) is 0.135. The number of aromatic nitrogens is 4. The molecule has 113 heavy (non-hydrogen) atoms. The van der Waals surface area contributed by atoms with Crippen LogP contribution in [0.4, 0.5) is 0 Å². The Hall–Kier alpha value is -14.3. The van der Waals surface area contributed by atoms with E-state index in [1.807, 2.05) is 0 Å². The lowest BCUT2D eigenvalue weighted by molar-refractivity contribution is 0.663. The van der Waals surface area contributed by atoms with Crippen molar-refractivity contribution in [2.24, 2.45) is 0 Å². The van der Waals surface area contributed by atoms with E-state index in [2.05, 4.69) is 385 Å². The van der Waals surface area contributed by atoms with Crippen LogP contribution in [-0.4, -0.2) is 19.1 Å². The van der Waals surface area contributed by atoms with Crippen LogP contribution in [0, 0.1) is 0 Å². The number of fused-ring (bicyclic) bond motifs is 36. The summed E-state index contributed by atoms with van der Waals surface area (Å²) in [5.41, 5.74) is 33.5. The first-order chi connectivity index (χ1) is 56.1. The molecule has 0 saturated heterocycles. The molecular weight excluding hydrogens is 1370 g/mol. The first-order valence-electron chi connectivity index (χ1n) is 39.7. The average molecular weight is 1430 g/mol. The van der Waals surface area contributed by atoms with Crippen molar-refractivity contribution >= 4 is 86.7 Å². The zero-order valence-electron chi connectivity index (χ0n) is 61.7. The summed E-state index contributed by atoms with van der Waals surface area (Å²) in [4.78, 5) is 11.0. The molecule has 19 aromatic carbocycles. The smallest absolute Gasteiger partial charge is 0.145 e. The molecule has 0 radical (unpaired) electrons. The van der Waals surface area contributed by atoms with Gasteiger partial charge in [-0.3, -0.25) is 4.57 Å². The Labute approximate surface area is 653 Å². The molecular formula is C109H68N4. The second-order valence-electron chi connectivity index (χ2n) is 31.4. The molecule has 0 atom stereocenters. The Morgan fingerprint density at radius 2 is 0.619 bits per heavy atom. The van der Waals surface area contributed by atoms with Gasteiger partial charge in [0.2, 0.25) is 0 Å². The minimum atomic E-state index is -0.641. The van der Waals surface area contributed by atoms with Gasteiger partial charge in [0.25, 0.3) is 0 Å². The van der Waals surface area contributed by atoms with Crippen molar-refractivity contribution in [3.63, 3.8) is 0 Å². The largest absolute Gasteiger partial charge is 0.324 e.